The minimum atomic E-state index is 0.194. The number of hydrogen-bond donors (Lipinski definition) is 2. The van der Waals surface area contributed by atoms with Crippen molar-refractivity contribution in [3.63, 3.8) is 0 Å². The predicted molar refractivity (Wildman–Crippen MR) is 110 cm³/mol. The molecule has 9 nitrogen and oxygen atoms in total. The molecule has 9 heteroatoms. The molecule has 0 aliphatic carbocycles. The van der Waals surface area contributed by atoms with Crippen molar-refractivity contribution >= 4 is 5.96 Å². The second-order valence-electron chi connectivity index (χ2n) is 6.75. The number of rotatable bonds is 8. The van der Waals surface area contributed by atoms with E-state index in [9.17, 15) is 0 Å². The molecule has 29 heavy (non-hydrogen) atoms. The Morgan fingerprint density at radius 1 is 1.24 bits per heavy atom. The SMILES string of the molecule is CCNC(=NCc1nc(C)no1)NCC(c1ccc(OC)cc1)N1CCOCC1. The third-order valence-electron chi connectivity index (χ3n) is 4.74. The second-order valence-corrected chi connectivity index (χ2v) is 6.75. The highest BCUT2D eigenvalue weighted by Gasteiger charge is 2.23. The van der Waals surface area contributed by atoms with Gasteiger partial charge in [-0.05, 0) is 31.5 Å². The number of guanidine groups is 1. The highest BCUT2D eigenvalue weighted by atomic mass is 16.5. The Hall–Kier alpha value is -2.65. The number of hydrogen-bond acceptors (Lipinski definition) is 7. The Balaban J connectivity index is 1.70. The van der Waals surface area contributed by atoms with E-state index in [1.807, 2.05) is 19.1 Å². The van der Waals surface area contributed by atoms with Crippen molar-refractivity contribution in [3.8, 4) is 5.75 Å². The molecule has 0 radical (unpaired) electrons. The van der Waals surface area contributed by atoms with Crippen LogP contribution in [0, 0.1) is 6.92 Å². The molecule has 1 aromatic heterocycles. The van der Waals surface area contributed by atoms with Gasteiger partial charge in [0, 0.05) is 26.2 Å². The molecule has 0 saturated carbocycles. The molecular weight excluding hydrogens is 372 g/mol. The molecular formula is C20H30N6O3. The number of aliphatic imine (C=N–C) groups is 1. The van der Waals surface area contributed by atoms with Gasteiger partial charge in [-0.1, -0.05) is 17.3 Å². The topological polar surface area (TPSA) is 97.0 Å². The highest BCUT2D eigenvalue weighted by Crippen LogP contribution is 2.23. The average molecular weight is 402 g/mol. The van der Waals surface area contributed by atoms with E-state index in [1.54, 1.807) is 14.0 Å². The largest absolute Gasteiger partial charge is 0.497 e. The maximum Gasteiger partial charge on any atom is 0.248 e. The Kier molecular flexibility index (Phi) is 7.83. The molecule has 2 N–H and O–H groups in total. The fourth-order valence-corrected chi connectivity index (χ4v) is 3.26. The molecule has 0 spiro atoms. The first-order valence-electron chi connectivity index (χ1n) is 9.96. The van der Waals surface area contributed by atoms with Gasteiger partial charge in [-0.25, -0.2) is 4.99 Å². The summed E-state index contributed by atoms with van der Waals surface area (Å²) in [4.78, 5) is 11.2. The minimum absolute atomic E-state index is 0.194. The van der Waals surface area contributed by atoms with Gasteiger partial charge in [0.25, 0.3) is 0 Å². The number of methoxy groups -OCH3 is 1. The minimum Gasteiger partial charge on any atom is -0.497 e. The predicted octanol–water partition coefficient (Wildman–Crippen LogP) is 1.52. The number of nitrogens with one attached hydrogen (secondary N) is 2. The van der Waals surface area contributed by atoms with Crippen molar-refractivity contribution in [1.29, 1.82) is 0 Å². The van der Waals surface area contributed by atoms with Gasteiger partial charge in [0.1, 0.15) is 12.3 Å². The summed E-state index contributed by atoms with van der Waals surface area (Å²) in [6, 6.07) is 8.43. The molecule has 1 aromatic carbocycles. The fourth-order valence-electron chi connectivity index (χ4n) is 3.26. The van der Waals surface area contributed by atoms with Crippen LogP contribution in [0.2, 0.25) is 0 Å². The van der Waals surface area contributed by atoms with Crippen LogP contribution in [0.15, 0.2) is 33.8 Å². The van der Waals surface area contributed by atoms with Crippen LogP contribution in [0.25, 0.3) is 0 Å². The van der Waals surface area contributed by atoms with Crippen LogP contribution in [-0.4, -0.2) is 67.5 Å². The van der Waals surface area contributed by atoms with Gasteiger partial charge in [-0.15, -0.1) is 0 Å². The van der Waals surface area contributed by atoms with Crippen molar-refractivity contribution in [2.24, 2.45) is 4.99 Å². The first-order chi connectivity index (χ1) is 14.2. The number of nitrogens with zero attached hydrogens (tertiary/aromatic N) is 4. The molecule has 2 heterocycles. The zero-order valence-corrected chi connectivity index (χ0v) is 17.4. The van der Waals surface area contributed by atoms with Crippen LogP contribution in [0.3, 0.4) is 0 Å². The van der Waals surface area contributed by atoms with Crippen LogP contribution >= 0.6 is 0 Å². The van der Waals surface area contributed by atoms with E-state index in [2.05, 4.69) is 42.8 Å². The average Bonchev–Trinajstić information content (AvgIpc) is 3.18. The van der Waals surface area contributed by atoms with Gasteiger partial charge in [0.05, 0.1) is 26.4 Å². The lowest BCUT2D eigenvalue weighted by atomic mass is 10.0. The quantitative estimate of drug-likeness (QED) is 0.507. The number of aromatic nitrogens is 2. The zero-order valence-electron chi connectivity index (χ0n) is 17.4. The summed E-state index contributed by atoms with van der Waals surface area (Å²) in [5.74, 6) is 2.68. The lowest BCUT2D eigenvalue weighted by Crippen LogP contribution is -2.46. The lowest BCUT2D eigenvalue weighted by molar-refractivity contribution is 0.0170. The summed E-state index contributed by atoms with van der Waals surface area (Å²) >= 11 is 0. The number of morpholine rings is 1. The molecule has 1 saturated heterocycles. The number of ether oxygens (including phenoxy) is 2. The lowest BCUT2D eigenvalue weighted by Gasteiger charge is -2.35. The Morgan fingerprint density at radius 2 is 2.00 bits per heavy atom. The molecule has 1 aliphatic rings. The first-order valence-corrected chi connectivity index (χ1v) is 9.96. The van der Waals surface area contributed by atoms with E-state index < -0.39 is 0 Å². The molecule has 1 atom stereocenters. The van der Waals surface area contributed by atoms with Gasteiger partial charge in [0.15, 0.2) is 11.8 Å². The van der Waals surface area contributed by atoms with Gasteiger partial charge in [0.2, 0.25) is 5.89 Å². The van der Waals surface area contributed by atoms with Crippen molar-refractivity contribution in [3.05, 3.63) is 41.5 Å². The maximum atomic E-state index is 5.53. The number of aryl methyl sites for hydroxylation is 1. The van der Waals surface area contributed by atoms with Crippen molar-refractivity contribution in [2.75, 3.05) is 46.5 Å². The van der Waals surface area contributed by atoms with E-state index in [4.69, 9.17) is 14.0 Å². The molecule has 1 unspecified atom stereocenters. The first kappa shape index (κ1) is 21.1. The summed E-state index contributed by atoms with van der Waals surface area (Å²) in [5.41, 5.74) is 1.23. The van der Waals surface area contributed by atoms with Crippen LogP contribution in [0.5, 0.6) is 5.75 Å². The summed E-state index contributed by atoms with van der Waals surface area (Å²) in [5, 5.41) is 10.5. The van der Waals surface area contributed by atoms with E-state index in [0.717, 1.165) is 44.6 Å². The Morgan fingerprint density at radius 3 is 2.62 bits per heavy atom. The summed E-state index contributed by atoms with van der Waals surface area (Å²) in [6.07, 6.45) is 0. The summed E-state index contributed by atoms with van der Waals surface area (Å²) in [6.45, 7) is 8.93. The normalized spacial score (nSPS) is 16.4. The maximum absolute atomic E-state index is 5.53. The molecule has 1 fully saturated rings. The van der Waals surface area contributed by atoms with E-state index in [1.165, 1.54) is 5.56 Å². The van der Waals surface area contributed by atoms with E-state index in [0.29, 0.717) is 24.8 Å². The third kappa shape index (κ3) is 6.16. The van der Waals surface area contributed by atoms with Crippen LogP contribution in [0.1, 0.15) is 30.2 Å². The monoisotopic (exact) mass is 402 g/mol. The van der Waals surface area contributed by atoms with Crippen molar-refractivity contribution in [1.82, 2.24) is 25.7 Å². The van der Waals surface area contributed by atoms with E-state index >= 15 is 0 Å². The fraction of sp³-hybridized carbons (Fsp3) is 0.550. The Bertz CT molecular complexity index is 771. The zero-order chi connectivity index (χ0) is 20.5. The van der Waals surface area contributed by atoms with Crippen LogP contribution in [0.4, 0.5) is 0 Å². The molecule has 0 amide bonds. The molecule has 2 aromatic rings. The van der Waals surface area contributed by atoms with Gasteiger partial charge >= 0.3 is 0 Å². The molecule has 0 bridgehead atoms. The second kappa shape index (κ2) is 10.8. The Labute approximate surface area is 171 Å². The van der Waals surface area contributed by atoms with Crippen molar-refractivity contribution in [2.45, 2.75) is 26.4 Å². The smallest absolute Gasteiger partial charge is 0.248 e. The molecule has 158 valence electrons. The van der Waals surface area contributed by atoms with Crippen LogP contribution in [-0.2, 0) is 11.3 Å². The van der Waals surface area contributed by atoms with Crippen LogP contribution < -0.4 is 15.4 Å². The van der Waals surface area contributed by atoms with Gasteiger partial charge in [-0.2, -0.15) is 4.98 Å². The molecule has 1 aliphatic heterocycles. The van der Waals surface area contributed by atoms with E-state index in [-0.39, 0.29) is 6.04 Å². The van der Waals surface area contributed by atoms with Gasteiger partial charge in [-0.3, -0.25) is 4.90 Å². The van der Waals surface area contributed by atoms with Crippen molar-refractivity contribution < 1.29 is 14.0 Å². The third-order valence-corrected chi connectivity index (χ3v) is 4.74. The van der Waals surface area contributed by atoms with Gasteiger partial charge < -0.3 is 24.6 Å². The standard InChI is InChI=1S/C20H30N6O3/c1-4-21-20(23-14-19-24-15(2)25-29-19)22-13-18(26-9-11-28-12-10-26)16-5-7-17(27-3)8-6-16/h5-8,18H,4,9-14H2,1-3H3,(H2,21,22,23). The number of benzene rings is 1. The summed E-state index contributed by atoms with van der Waals surface area (Å²) < 4.78 is 16.0. The molecule has 3 rings (SSSR count). The highest BCUT2D eigenvalue weighted by molar-refractivity contribution is 5.79. The summed E-state index contributed by atoms with van der Waals surface area (Å²) in [7, 11) is 1.68.